The molecule has 0 unspecified atom stereocenters. The Morgan fingerprint density at radius 2 is 2.16 bits per heavy atom. The molecule has 0 fully saturated rings. The smallest absolute Gasteiger partial charge is 0.424 e. The van der Waals surface area contributed by atoms with Crippen LogP contribution in [0.3, 0.4) is 0 Å². The number of aromatic nitrogens is 1. The van der Waals surface area contributed by atoms with Gasteiger partial charge >= 0.3 is 12.1 Å². The van der Waals surface area contributed by atoms with Crippen LogP contribution in [0.2, 0.25) is 0 Å². The highest BCUT2D eigenvalue weighted by Gasteiger charge is 2.20. The van der Waals surface area contributed by atoms with E-state index in [1.54, 1.807) is 20.8 Å². The maximum atomic E-state index is 11.6. The van der Waals surface area contributed by atoms with E-state index < -0.39 is 17.7 Å². The molecule has 0 saturated heterocycles. The minimum Gasteiger partial charge on any atom is -0.476 e. The quantitative estimate of drug-likeness (QED) is 0.494. The molecule has 3 N–H and O–H groups in total. The van der Waals surface area contributed by atoms with Crippen molar-refractivity contribution in [2.75, 3.05) is 6.54 Å². The molecule has 0 aliphatic rings. The summed E-state index contributed by atoms with van der Waals surface area (Å²) >= 11 is 1.22. The molecule has 0 spiro atoms. The number of nitrogens with two attached hydrogens (primary N) is 1. The lowest BCUT2D eigenvalue weighted by molar-refractivity contribution is 0.0249. The second-order valence-corrected chi connectivity index (χ2v) is 5.80. The van der Waals surface area contributed by atoms with Gasteiger partial charge in [0.05, 0.1) is 5.01 Å². The summed E-state index contributed by atoms with van der Waals surface area (Å²) in [4.78, 5) is 26.1. The summed E-state index contributed by atoms with van der Waals surface area (Å²) in [7, 11) is 0. The topological polar surface area (TPSA) is 106 Å². The number of carbonyl (C=O) groups is 2. The molecule has 8 heteroatoms. The normalized spacial score (nSPS) is 11.2. The molecular weight excluding hydrogens is 270 g/mol. The minimum absolute atomic E-state index is 0.000777. The summed E-state index contributed by atoms with van der Waals surface area (Å²) in [6, 6.07) is 0. The zero-order valence-corrected chi connectivity index (χ0v) is 11.9. The van der Waals surface area contributed by atoms with Crippen molar-refractivity contribution in [3.05, 3.63) is 16.1 Å². The highest BCUT2D eigenvalue weighted by molar-refractivity contribution is 7.09. The largest absolute Gasteiger partial charge is 0.476 e. The Bertz CT molecular complexity index is 467. The van der Waals surface area contributed by atoms with Gasteiger partial charge in [-0.1, -0.05) is 0 Å². The van der Waals surface area contributed by atoms with Crippen LogP contribution in [0.15, 0.2) is 5.38 Å². The van der Waals surface area contributed by atoms with E-state index in [1.165, 1.54) is 16.7 Å². The molecule has 1 aromatic rings. The van der Waals surface area contributed by atoms with Gasteiger partial charge in [-0.25, -0.2) is 25.4 Å². The first kappa shape index (κ1) is 15.4. The molecule has 0 atom stereocenters. The van der Waals surface area contributed by atoms with Crippen molar-refractivity contribution in [1.29, 1.82) is 0 Å². The summed E-state index contributed by atoms with van der Waals surface area (Å²) < 4.78 is 5.08. The van der Waals surface area contributed by atoms with Crippen LogP contribution < -0.4 is 5.84 Å². The van der Waals surface area contributed by atoms with E-state index in [-0.39, 0.29) is 12.2 Å². The number of hydrazine groups is 1. The van der Waals surface area contributed by atoms with E-state index in [0.717, 1.165) is 5.01 Å². The van der Waals surface area contributed by atoms with Gasteiger partial charge in [0.15, 0.2) is 5.69 Å². The summed E-state index contributed by atoms with van der Waals surface area (Å²) in [5, 5.41) is 11.7. The van der Waals surface area contributed by atoms with Crippen LogP contribution in [0.4, 0.5) is 4.79 Å². The number of hydrogen-bond acceptors (Lipinski definition) is 6. The second kappa shape index (κ2) is 5.98. The number of nitrogens with zero attached hydrogens (tertiary/aromatic N) is 2. The fraction of sp³-hybridized carbons (Fsp3) is 0.545. The molecule has 1 rings (SSSR count). The maximum absolute atomic E-state index is 11.6. The Morgan fingerprint density at radius 1 is 1.53 bits per heavy atom. The average molecular weight is 287 g/mol. The molecule has 0 aromatic carbocycles. The number of carboxylic acid groups (broad SMARTS) is 1. The van der Waals surface area contributed by atoms with Crippen molar-refractivity contribution in [1.82, 2.24) is 9.99 Å². The summed E-state index contributed by atoms with van der Waals surface area (Å²) in [6.07, 6.45) is -0.240. The lowest BCUT2D eigenvalue weighted by atomic mass is 10.2. The van der Waals surface area contributed by atoms with Gasteiger partial charge in [-0.05, 0) is 20.8 Å². The van der Waals surface area contributed by atoms with Gasteiger partial charge < -0.3 is 9.84 Å². The van der Waals surface area contributed by atoms with Gasteiger partial charge in [-0.2, -0.15) is 0 Å². The molecule has 106 valence electrons. The predicted molar refractivity (Wildman–Crippen MR) is 69.9 cm³/mol. The predicted octanol–water partition coefficient (Wildman–Crippen LogP) is 1.49. The minimum atomic E-state index is -1.07. The number of carboxylic acids is 1. The molecular formula is C11H17N3O4S. The molecule has 0 radical (unpaired) electrons. The van der Waals surface area contributed by atoms with Crippen molar-refractivity contribution in [3.8, 4) is 0 Å². The van der Waals surface area contributed by atoms with Crippen LogP contribution in [0.1, 0.15) is 36.3 Å². The number of thiazole rings is 1. The molecule has 7 nitrogen and oxygen atoms in total. The number of hydrogen-bond donors (Lipinski definition) is 2. The molecule has 1 heterocycles. The SMILES string of the molecule is CC(C)(C)OC(=O)N(N)CCc1nc(C(=O)O)cs1. The second-order valence-electron chi connectivity index (χ2n) is 4.86. The summed E-state index contributed by atoms with van der Waals surface area (Å²) in [5.41, 5.74) is -0.604. The highest BCUT2D eigenvalue weighted by atomic mass is 32.1. The Kier molecular flexibility index (Phi) is 4.84. The molecule has 0 aliphatic carbocycles. The van der Waals surface area contributed by atoms with Crippen LogP contribution in [0.25, 0.3) is 0 Å². The average Bonchev–Trinajstić information content (AvgIpc) is 2.72. The number of carbonyl (C=O) groups excluding carboxylic acids is 1. The molecule has 0 bridgehead atoms. The van der Waals surface area contributed by atoms with E-state index in [9.17, 15) is 9.59 Å². The Morgan fingerprint density at radius 3 is 2.63 bits per heavy atom. The van der Waals surface area contributed by atoms with Crippen LogP contribution in [0.5, 0.6) is 0 Å². The van der Waals surface area contributed by atoms with Crippen LogP contribution in [0, 0.1) is 0 Å². The third kappa shape index (κ3) is 5.23. The standard InChI is InChI=1S/C11H17N3O4S/c1-11(2,3)18-10(17)14(12)5-4-8-13-7(6-19-8)9(15)16/h6H,4-5,12H2,1-3H3,(H,15,16). The first-order chi connectivity index (χ1) is 8.69. The van der Waals surface area contributed by atoms with E-state index in [1.807, 2.05) is 0 Å². The number of aromatic carboxylic acids is 1. The highest BCUT2D eigenvalue weighted by Crippen LogP contribution is 2.12. The van der Waals surface area contributed by atoms with Crippen molar-refractivity contribution < 1.29 is 19.4 Å². The summed E-state index contributed by atoms with van der Waals surface area (Å²) in [6.45, 7) is 5.46. The zero-order chi connectivity index (χ0) is 14.6. The monoisotopic (exact) mass is 287 g/mol. The summed E-state index contributed by atoms with van der Waals surface area (Å²) in [5.74, 6) is 4.49. The van der Waals surface area contributed by atoms with Crippen molar-refractivity contribution >= 4 is 23.4 Å². The molecule has 1 amide bonds. The van der Waals surface area contributed by atoms with Crippen LogP contribution in [-0.4, -0.2) is 39.3 Å². The van der Waals surface area contributed by atoms with Crippen LogP contribution in [-0.2, 0) is 11.2 Å². The van der Waals surface area contributed by atoms with Crippen molar-refractivity contribution in [2.24, 2.45) is 5.84 Å². The van der Waals surface area contributed by atoms with Gasteiger partial charge in [-0.3, -0.25) is 0 Å². The molecule has 0 saturated carbocycles. The Balaban J connectivity index is 2.47. The number of ether oxygens (including phenoxy) is 1. The fourth-order valence-electron chi connectivity index (χ4n) is 1.15. The number of rotatable bonds is 4. The first-order valence-corrected chi connectivity index (χ1v) is 6.50. The Hall–Kier alpha value is -1.67. The van der Waals surface area contributed by atoms with Gasteiger partial charge in [0.2, 0.25) is 0 Å². The van der Waals surface area contributed by atoms with E-state index in [4.69, 9.17) is 15.7 Å². The van der Waals surface area contributed by atoms with Gasteiger partial charge in [0, 0.05) is 18.3 Å². The third-order valence-electron chi connectivity index (χ3n) is 1.97. The Labute approximate surface area is 115 Å². The lowest BCUT2D eigenvalue weighted by Crippen LogP contribution is -2.42. The van der Waals surface area contributed by atoms with E-state index in [0.29, 0.717) is 11.4 Å². The van der Waals surface area contributed by atoms with Crippen molar-refractivity contribution in [2.45, 2.75) is 32.8 Å². The van der Waals surface area contributed by atoms with Gasteiger partial charge in [-0.15, -0.1) is 11.3 Å². The fourth-order valence-corrected chi connectivity index (χ4v) is 1.91. The van der Waals surface area contributed by atoms with E-state index in [2.05, 4.69) is 4.98 Å². The maximum Gasteiger partial charge on any atom is 0.424 e. The number of amides is 1. The van der Waals surface area contributed by atoms with E-state index >= 15 is 0 Å². The molecule has 0 aliphatic heterocycles. The van der Waals surface area contributed by atoms with Crippen molar-refractivity contribution in [3.63, 3.8) is 0 Å². The van der Waals surface area contributed by atoms with Gasteiger partial charge in [0.1, 0.15) is 5.60 Å². The third-order valence-corrected chi connectivity index (χ3v) is 2.87. The molecule has 19 heavy (non-hydrogen) atoms. The molecule has 1 aromatic heterocycles. The van der Waals surface area contributed by atoms with Gasteiger partial charge in [0.25, 0.3) is 0 Å². The lowest BCUT2D eigenvalue weighted by Gasteiger charge is -2.23. The van der Waals surface area contributed by atoms with Crippen LogP contribution >= 0.6 is 11.3 Å². The zero-order valence-electron chi connectivity index (χ0n) is 11.0. The first-order valence-electron chi connectivity index (χ1n) is 5.62.